The minimum Gasteiger partial charge on any atom is -0.388 e. The SMILES string of the molecule is CCn1nc(C)c(Br)c1CC(O)c1cc(F)ccc1C. The van der Waals surface area contributed by atoms with Gasteiger partial charge in [-0.15, -0.1) is 0 Å². The number of hydrogen-bond donors (Lipinski definition) is 1. The first-order valence-electron chi connectivity index (χ1n) is 6.60. The third kappa shape index (κ3) is 2.94. The van der Waals surface area contributed by atoms with E-state index in [0.717, 1.165) is 28.0 Å². The smallest absolute Gasteiger partial charge is 0.123 e. The zero-order chi connectivity index (χ0) is 14.9. The third-order valence-electron chi connectivity index (χ3n) is 3.44. The summed E-state index contributed by atoms with van der Waals surface area (Å²) in [5, 5.41) is 14.8. The van der Waals surface area contributed by atoms with Crippen molar-refractivity contribution in [1.29, 1.82) is 0 Å². The maximum atomic E-state index is 13.3. The van der Waals surface area contributed by atoms with Gasteiger partial charge in [0.15, 0.2) is 0 Å². The van der Waals surface area contributed by atoms with E-state index in [1.807, 2.05) is 25.5 Å². The van der Waals surface area contributed by atoms with Crippen molar-refractivity contribution in [2.24, 2.45) is 0 Å². The van der Waals surface area contributed by atoms with Crippen LogP contribution in [0.3, 0.4) is 0 Å². The Morgan fingerprint density at radius 3 is 2.75 bits per heavy atom. The lowest BCUT2D eigenvalue weighted by Crippen LogP contribution is -2.10. The van der Waals surface area contributed by atoms with Crippen molar-refractivity contribution in [3.8, 4) is 0 Å². The van der Waals surface area contributed by atoms with Gasteiger partial charge in [-0.2, -0.15) is 5.10 Å². The summed E-state index contributed by atoms with van der Waals surface area (Å²) in [7, 11) is 0. The van der Waals surface area contributed by atoms with Crippen molar-refractivity contribution >= 4 is 15.9 Å². The normalized spacial score (nSPS) is 12.7. The number of aromatic nitrogens is 2. The molecule has 1 heterocycles. The first kappa shape index (κ1) is 15.2. The van der Waals surface area contributed by atoms with Gasteiger partial charge < -0.3 is 5.11 Å². The van der Waals surface area contributed by atoms with E-state index >= 15 is 0 Å². The minimum atomic E-state index is -0.747. The highest BCUT2D eigenvalue weighted by Crippen LogP contribution is 2.28. The molecule has 108 valence electrons. The largest absolute Gasteiger partial charge is 0.388 e. The molecule has 0 saturated heterocycles. The van der Waals surface area contributed by atoms with Gasteiger partial charge in [0, 0.05) is 13.0 Å². The maximum Gasteiger partial charge on any atom is 0.123 e. The van der Waals surface area contributed by atoms with E-state index in [1.54, 1.807) is 6.07 Å². The average molecular weight is 341 g/mol. The summed E-state index contributed by atoms with van der Waals surface area (Å²) in [5.41, 5.74) is 3.33. The summed E-state index contributed by atoms with van der Waals surface area (Å²) in [4.78, 5) is 0. The van der Waals surface area contributed by atoms with Gasteiger partial charge in [-0.1, -0.05) is 6.07 Å². The van der Waals surface area contributed by atoms with E-state index in [9.17, 15) is 9.50 Å². The Morgan fingerprint density at radius 2 is 2.10 bits per heavy atom. The first-order valence-corrected chi connectivity index (χ1v) is 7.39. The molecule has 0 saturated carbocycles. The van der Waals surface area contributed by atoms with Crippen molar-refractivity contribution in [3.05, 3.63) is 51.0 Å². The molecule has 2 aromatic rings. The monoisotopic (exact) mass is 340 g/mol. The topological polar surface area (TPSA) is 38.0 Å². The standard InChI is InChI=1S/C15H18BrFN2O/c1-4-19-13(15(16)10(3)18-19)8-14(20)12-7-11(17)6-5-9(12)2/h5-7,14,20H,4,8H2,1-3H3. The number of aliphatic hydroxyl groups is 1. The van der Waals surface area contributed by atoms with E-state index in [4.69, 9.17) is 0 Å². The van der Waals surface area contributed by atoms with Crippen LogP contribution in [0.1, 0.15) is 35.5 Å². The Morgan fingerprint density at radius 1 is 1.40 bits per heavy atom. The summed E-state index contributed by atoms with van der Waals surface area (Å²) in [6, 6.07) is 4.49. The molecule has 3 nitrogen and oxygen atoms in total. The molecule has 1 aromatic carbocycles. The van der Waals surface area contributed by atoms with Crippen LogP contribution in [0.4, 0.5) is 4.39 Å². The van der Waals surface area contributed by atoms with Crippen molar-refractivity contribution in [1.82, 2.24) is 9.78 Å². The van der Waals surface area contributed by atoms with Crippen LogP contribution in [0, 0.1) is 19.7 Å². The van der Waals surface area contributed by atoms with E-state index in [2.05, 4.69) is 21.0 Å². The Labute approximate surface area is 126 Å². The van der Waals surface area contributed by atoms with Gasteiger partial charge in [0.2, 0.25) is 0 Å². The van der Waals surface area contributed by atoms with E-state index in [-0.39, 0.29) is 5.82 Å². The molecule has 0 spiro atoms. The van der Waals surface area contributed by atoms with Gasteiger partial charge in [-0.25, -0.2) is 4.39 Å². The second kappa shape index (κ2) is 6.06. The second-order valence-electron chi connectivity index (χ2n) is 4.88. The molecule has 0 aliphatic heterocycles. The minimum absolute atomic E-state index is 0.330. The lowest BCUT2D eigenvalue weighted by Gasteiger charge is -2.15. The quantitative estimate of drug-likeness (QED) is 0.921. The van der Waals surface area contributed by atoms with Gasteiger partial charge in [0.1, 0.15) is 5.82 Å². The van der Waals surface area contributed by atoms with Gasteiger partial charge in [0.25, 0.3) is 0 Å². The van der Waals surface area contributed by atoms with Crippen molar-refractivity contribution in [2.45, 2.75) is 39.8 Å². The van der Waals surface area contributed by atoms with Crippen molar-refractivity contribution in [2.75, 3.05) is 0 Å². The lowest BCUT2D eigenvalue weighted by atomic mass is 9.99. The summed E-state index contributed by atoms with van der Waals surface area (Å²) in [5.74, 6) is -0.330. The molecule has 0 bridgehead atoms. The Bertz CT molecular complexity index is 625. The third-order valence-corrected chi connectivity index (χ3v) is 4.47. The molecule has 1 atom stereocenters. The predicted octanol–water partition coefficient (Wildman–Crippen LogP) is 3.70. The fraction of sp³-hybridized carbons (Fsp3) is 0.400. The summed E-state index contributed by atoms with van der Waals surface area (Å²) >= 11 is 3.51. The molecule has 0 radical (unpaired) electrons. The molecule has 5 heteroatoms. The highest BCUT2D eigenvalue weighted by Gasteiger charge is 2.18. The molecule has 0 aliphatic carbocycles. The highest BCUT2D eigenvalue weighted by atomic mass is 79.9. The van der Waals surface area contributed by atoms with Crippen LogP contribution in [0.5, 0.6) is 0 Å². The fourth-order valence-electron chi connectivity index (χ4n) is 2.33. The molecule has 1 unspecified atom stereocenters. The molecular weight excluding hydrogens is 323 g/mol. The Balaban J connectivity index is 2.32. The molecule has 1 aromatic heterocycles. The predicted molar refractivity (Wildman–Crippen MR) is 80.1 cm³/mol. The van der Waals surface area contributed by atoms with Crippen LogP contribution in [0.15, 0.2) is 22.7 Å². The van der Waals surface area contributed by atoms with Gasteiger partial charge in [0.05, 0.1) is 22.0 Å². The van der Waals surface area contributed by atoms with Gasteiger partial charge in [-0.05, 0) is 60.0 Å². The second-order valence-corrected chi connectivity index (χ2v) is 5.68. The molecule has 0 aliphatic rings. The molecule has 0 amide bonds. The number of nitrogens with zero attached hydrogens (tertiary/aromatic N) is 2. The molecule has 2 rings (SSSR count). The van der Waals surface area contributed by atoms with Crippen LogP contribution in [0.25, 0.3) is 0 Å². The molecular formula is C15H18BrFN2O. The number of aliphatic hydroxyl groups excluding tert-OH is 1. The highest BCUT2D eigenvalue weighted by molar-refractivity contribution is 9.10. The fourth-order valence-corrected chi connectivity index (χ4v) is 2.77. The zero-order valence-corrected chi connectivity index (χ0v) is 13.4. The number of hydrogen-bond acceptors (Lipinski definition) is 2. The molecule has 1 N–H and O–H groups in total. The molecule has 0 fully saturated rings. The van der Waals surface area contributed by atoms with E-state index in [0.29, 0.717) is 12.0 Å². The van der Waals surface area contributed by atoms with Crippen molar-refractivity contribution in [3.63, 3.8) is 0 Å². The molecule has 20 heavy (non-hydrogen) atoms. The number of rotatable bonds is 4. The average Bonchev–Trinajstić information content (AvgIpc) is 2.69. The summed E-state index contributed by atoms with van der Waals surface area (Å²) in [6.45, 7) is 6.52. The number of aryl methyl sites for hydroxylation is 3. The summed E-state index contributed by atoms with van der Waals surface area (Å²) in [6.07, 6.45) is -0.345. The zero-order valence-electron chi connectivity index (χ0n) is 11.8. The number of halogens is 2. The first-order chi connectivity index (χ1) is 9.43. The van der Waals surface area contributed by atoms with Crippen molar-refractivity contribution < 1.29 is 9.50 Å². The van der Waals surface area contributed by atoms with E-state index in [1.165, 1.54) is 12.1 Å². The van der Waals surface area contributed by atoms with Crippen LogP contribution in [-0.4, -0.2) is 14.9 Å². The Hall–Kier alpha value is -1.20. The van der Waals surface area contributed by atoms with Crippen LogP contribution >= 0.6 is 15.9 Å². The maximum absolute atomic E-state index is 13.3. The number of benzene rings is 1. The lowest BCUT2D eigenvalue weighted by molar-refractivity contribution is 0.174. The van der Waals surface area contributed by atoms with Crippen LogP contribution in [0.2, 0.25) is 0 Å². The summed E-state index contributed by atoms with van der Waals surface area (Å²) < 4.78 is 16.1. The Kier molecular flexibility index (Phi) is 4.60. The van der Waals surface area contributed by atoms with E-state index < -0.39 is 6.10 Å². The van der Waals surface area contributed by atoms with Crippen LogP contribution < -0.4 is 0 Å². The van der Waals surface area contributed by atoms with Gasteiger partial charge in [-0.3, -0.25) is 4.68 Å². The van der Waals surface area contributed by atoms with Gasteiger partial charge >= 0.3 is 0 Å². The van der Waals surface area contributed by atoms with Crippen LogP contribution in [-0.2, 0) is 13.0 Å².